The van der Waals surface area contributed by atoms with Gasteiger partial charge in [-0.05, 0) is 0 Å². The molecule has 0 aliphatic carbocycles. The number of hydrogen-bond acceptors (Lipinski definition) is 0. The molecule has 0 unspecified atom stereocenters. The monoisotopic (exact) mass is 134 g/mol. The van der Waals surface area contributed by atoms with E-state index in [4.69, 9.17) is 0 Å². The van der Waals surface area contributed by atoms with E-state index in [9.17, 15) is 0 Å². The summed E-state index contributed by atoms with van der Waals surface area (Å²) in [5.74, 6) is 0. The molecule has 0 rings (SSSR count). The molecule has 0 atom stereocenters. The van der Waals surface area contributed by atoms with Gasteiger partial charge in [0.05, 0.1) is 0 Å². The van der Waals surface area contributed by atoms with Gasteiger partial charge in [0.1, 0.15) is 0 Å². The van der Waals surface area contributed by atoms with Crippen LogP contribution in [0.5, 0.6) is 0 Å². The quantitative estimate of drug-likeness (QED) is 0.315. The molecule has 0 fully saturated rings. The minimum Gasteiger partial charge on any atom is -1.00 e. The van der Waals surface area contributed by atoms with Crippen molar-refractivity contribution < 1.29 is 36.4 Å². The Hall–Kier alpha value is 0.256. The molecule has 0 bridgehead atoms. The van der Waals surface area contributed by atoms with Crippen LogP contribution < -0.4 is 14.1 Å². The second kappa shape index (κ2) is 686. The van der Waals surface area contributed by atoms with Gasteiger partial charge in [-0.3, -0.25) is 0 Å². The summed E-state index contributed by atoms with van der Waals surface area (Å²) in [6.45, 7) is 0. The van der Waals surface area contributed by atoms with Gasteiger partial charge in [-0.15, -0.1) is 0 Å². The first kappa shape index (κ1) is 1450. The van der Waals surface area contributed by atoms with Crippen molar-refractivity contribution in [3.8, 4) is 0 Å². The van der Waals surface area contributed by atoms with E-state index >= 15 is 0 Å². The van der Waals surface area contributed by atoms with E-state index in [0.29, 0.717) is 0 Å². The van der Waals surface area contributed by atoms with Crippen LogP contribution in [0.2, 0.25) is 0 Å². The maximum absolute atomic E-state index is 0. The van der Waals surface area contributed by atoms with Gasteiger partial charge < -0.3 is 19.6 Å². The van der Waals surface area contributed by atoms with Crippen molar-refractivity contribution in [3.05, 3.63) is 0 Å². The molecule has 0 heterocycles. The number of halogens is 3. The van der Waals surface area contributed by atoms with Crippen molar-refractivity contribution in [2.75, 3.05) is 0 Å². The molecule has 0 amide bonds. The molecule has 38 valence electrons. The van der Waals surface area contributed by atoms with E-state index in [0.717, 1.165) is 0 Å². The van der Waals surface area contributed by atoms with Crippen LogP contribution in [0.15, 0.2) is 0 Å². The largest absolute Gasteiger partial charge is 3.00 e. The summed E-state index contributed by atoms with van der Waals surface area (Å²) in [4.78, 5) is 0. The van der Waals surface area contributed by atoms with E-state index in [2.05, 4.69) is 0 Å². The second-order valence-corrected chi connectivity index (χ2v) is 0. The number of hydrogen-bond donors (Lipinski definition) is 0. The zero-order valence-corrected chi connectivity index (χ0v) is 3.01. The number of rotatable bonds is 0. The Labute approximate surface area is 37.4 Å². The third kappa shape index (κ3) is 329. The molecule has 5 heavy (non-hydrogen) atoms. The van der Waals surface area contributed by atoms with Gasteiger partial charge in [-0.25, -0.2) is 0 Å². The predicted octanol–water partition coefficient (Wildman–Crippen LogP) is -9.82. The van der Waals surface area contributed by atoms with E-state index in [1.54, 1.807) is 0 Å². The summed E-state index contributed by atoms with van der Waals surface area (Å²) < 4.78 is 0. The van der Waals surface area contributed by atoms with Crippen LogP contribution in [-0.2, 0) is 16.8 Å². The van der Waals surface area contributed by atoms with Crippen molar-refractivity contribution in [1.82, 2.24) is 0 Å². The van der Waals surface area contributed by atoms with Crippen LogP contribution in [-0.4, -0.2) is 5.48 Å². The minimum atomic E-state index is 0. The fourth-order valence-corrected chi connectivity index (χ4v) is 0. The molecule has 2 N–H and O–H groups in total. The third-order valence-corrected chi connectivity index (χ3v) is 0. The average Bonchev–Trinajstić information content (AvgIpc) is 0. The Kier molecular flexibility index (Phi) is 199000. The van der Waals surface area contributed by atoms with Crippen LogP contribution in [0.1, 0.15) is 0 Å². The maximum Gasteiger partial charge on any atom is 3.00 e. The van der Waals surface area contributed by atoms with E-state index < -0.39 is 0 Å². The average molecular weight is 134 g/mol. The normalized spacial score (nSPS) is 0. The topological polar surface area (TPSA) is 31.5 Å². The molecular formula is H2CoF3O. The van der Waals surface area contributed by atoms with Gasteiger partial charge in [0.15, 0.2) is 0 Å². The summed E-state index contributed by atoms with van der Waals surface area (Å²) in [5.41, 5.74) is 0. The zero-order chi connectivity index (χ0) is 0. The summed E-state index contributed by atoms with van der Waals surface area (Å²) >= 11 is 0. The Morgan fingerprint density at radius 2 is 0.600 bits per heavy atom. The van der Waals surface area contributed by atoms with Gasteiger partial charge in [0.2, 0.25) is 0 Å². The van der Waals surface area contributed by atoms with Gasteiger partial charge in [-0.1, -0.05) is 0 Å². The van der Waals surface area contributed by atoms with E-state index in [1.165, 1.54) is 0 Å². The SMILES string of the molecule is O.[Co+3].[F-].[F-].[F-]. The fraction of sp³-hybridized carbons (Fsp3) is 0. The van der Waals surface area contributed by atoms with Crippen LogP contribution in [0, 0.1) is 0 Å². The van der Waals surface area contributed by atoms with Crippen LogP contribution >= 0.6 is 0 Å². The minimum absolute atomic E-state index is 0. The van der Waals surface area contributed by atoms with Crippen molar-refractivity contribution in [2.24, 2.45) is 0 Å². The molecule has 0 saturated heterocycles. The fourth-order valence-electron chi connectivity index (χ4n) is 0. The summed E-state index contributed by atoms with van der Waals surface area (Å²) in [6.07, 6.45) is 0. The Balaban J connectivity index is 0. The molecule has 0 aromatic heterocycles. The molecule has 5 heteroatoms. The molecule has 0 saturated carbocycles. The second-order valence-electron chi connectivity index (χ2n) is 0. The molecule has 0 spiro atoms. The van der Waals surface area contributed by atoms with Gasteiger partial charge in [0, 0.05) is 0 Å². The van der Waals surface area contributed by atoms with Crippen LogP contribution in [0.4, 0.5) is 0 Å². The standard InChI is InChI=1S/Co.3FH.H2O/h;3*1H;1H2/q+3;;;;/p-3. The van der Waals surface area contributed by atoms with Crippen LogP contribution in [0.25, 0.3) is 0 Å². The van der Waals surface area contributed by atoms with Gasteiger partial charge in [-0.2, -0.15) is 0 Å². The van der Waals surface area contributed by atoms with Crippen LogP contribution in [0.3, 0.4) is 0 Å². The Morgan fingerprint density at radius 1 is 0.600 bits per heavy atom. The molecule has 0 aromatic carbocycles. The Bertz CT molecular complexity index is 6.85. The first-order valence-electron chi connectivity index (χ1n) is 0. The Morgan fingerprint density at radius 3 is 0.600 bits per heavy atom. The van der Waals surface area contributed by atoms with Gasteiger partial charge in [0.25, 0.3) is 0 Å². The first-order valence-corrected chi connectivity index (χ1v) is 0. The maximum atomic E-state index is 0. The predicted molar refractivity (Wildman–Crippen MR) is 3.61 cm³/mol. The summed E-state index contributed by atoms with van der Waals surface area (Å²) in [5, 5.41) is 0. The third-order valence-electron chi connectivity index (χ3n) is 0. The molecule has 1 nitrogen and oxygen atoms in total. The molecule has 0 aliphatic rings. The summed E-state index contributed by atoms with van der Waals surface area (Å²) in [6, 6.07) is 0. The van der Waals surface area contributed by atoms with E-state index in [-0.39, 0.29) is 36.4 Å². The molecular weight excluding hydrogens is 132 g/mol. The first-order chi connectivity index (χ1) is 0. The molecule has 0 aliphatic heterocycles. The summed E-state index contributed by atoms with van der Waals surface area (Å²) in [7, 11) is 0. The molecule has 0 radical (unpaired) electrons. The smallest absolute Gasteiger partial charge is 1.00 e. The molecule has 0 aromatic rings. The van der Waals surface area contributed by atoms with Crippen molar-refractivity contribution in [3.63, 3.8) is 0 Å². The van der Waals surface area contributed by atoms with Crippen molar-refractivity contribution in [2.45, 2.75) is 0 Å². The van der Waals surface area contributed by atoms with E-state index in [1.807, 2.05) is 0 Å². The zero-order valence-electron chi connectivity index (χ0n) is 1.97. The van der Waals surface area contributed by atoms with Gasteiger partial charge >= 0.3 is 16.8 Å². The van der Waals surface area contributed by atoms with Crippen molar-refractivity contribution >= 4 is 0 Å². The van der Waals surface area contributed by atoms with Crippen molar-refractivity contribution in [1.29, 1.82) is 0 Å².